The summed E-state index contributed by atoms with van der Waals surface area (Å²) in [6, 6.07) is 6.04. The first-order valence-electron chi connectivity index (χ1n) is 6.67. The summed E-state index contributed by atoms with van der Waals surface area (Å²) in [5.41, 5.74) is 3.34. The lowest BCUT2D eigenvalue weighted by atomic mass is 10.1. The van der Waals surface area contributed by atoms with Crippen LogP contribution in [0.1, 0.15) is 31.2 Å². The first-order chi connectivity index (χ1) is 9.29. The highest BCUT2D eigenvalue weighted by Gasteiger charge is 2.10. The fourth-order valence-corrected chi connectivity index (χ4v) is 2.05. The first kappa shape index (κ1) is 13.7. The molecule has 1 aromatic rings. The fourth-order valence-electron chi connectivity index (χ4n) is 2.05. The number of rotatable bonds is 5. The Hall–Kier alpha value is -1.75. The van der Waals surface area contributed by atoms with Gasteiger partial charge in [-0.25, -0.2) is 5.84 Å². The van der Waals surface area contributed by atoms with Crippen LogP contribution in [0.3, 0.4) is 0 Å². The van der Waals surface area contributed by atoms with E-state index < -0.39 is 0 Å². The molecular formula is C14H20N2O3. The van der Waals surface area contributed by atoms with E-state index in [2.05, 4.69) is 11.5 Å². The summed E-state index contributed by atoms with van der Waals surface area (Å²) in [6.07, 6.45) is 4.10. The molecule has 1 aliphatic rings. The van der Waals surface area contributed by atoms with Crippen molar-refractivity contribution in [2.45, 2.75) is 32.1 Å². The number of aryl methyl sites for hydroxylation is 1. The summed E-state index contributed by atoms with van der Waals surface area (Å²) in [5, 5.41) is 0. The van der Waals surface area contributed by atoms with Crippen molar-refractivity contribution in [1.29, 1.82) is 0 Å². The minimum atomic E-state index is -0.112. The molecule has 0 saturated heterocycles. The second-order valence-corrected chi connectivity index (χ2v) is 4.61. The third kappa shape index (κ3) is 4.13. The number of fused-ring (bicyclic) bond motifs is 1. The van der Waals surface area contributed by atoms with E-state index >= 15 is 0 Å². The second-order valence-electron chi connectivity index (χ2n) is 4.61. The van der Waals surface area contributed by atoms with E-state index in [1.165, 1.54) is 5.56 Å². The molecular weight excluding hydrogens is 244 g/mol. The molecule has 0 spiro atoms. The number of ether oxygens (including phenoxy) is 2. The van der Waals surface area contributed by atoms with Crippen LogP contribution >= 0.6 is 0 Å². The van der Waals surface area contributed by atoms with Gasteiger partial charge in [0.2, 0.25) is 5.91 Å². The molecule has 0 atom stereocenters. The van der Waals surface area contributed by atoms with Gasteiger partial charge in [0, 0.05) is 12.8 Å². The maximum Gasteiger partial charge on any atom is 0.233 e. The van der Waals surface area contributed by atoms with Crippen molar-refractivity contribution >= 4 is 5.91 Å². The number of benzene rings is 1. The zero-order chi connectivity index (χ0) is 13.5. The lowest BCUT2D eigenvalue weighted by Gasteiger charge is -2.09. The van der Waals surface area contributed by atoms with Crippen LogP contribution in [0, 0.1) is 0 Å². The standard InChI is InChI=1S/C14H20N2O3/c15-16-14(17)5-2-1-4-11-6-7-12-13(10-11)19-9-3-8-18-12/h6-7,10H,1-5,8-9,15H2,(H,16,17). The van der Waals surface area contributed by atoms with Gasteiger partial charge in [0.25, 0.3) is 0 Å². The molecule has 1 aromatic carbocycles. The summed E-state index contributed by atoms with van der Waals surface area (Å²) >= 11 is 0. The number of amides is 1. The first-order valence-corrected chi connectivity index (χ1v) is 6.67. The third-order valence-electron chi connectivity index (χ3n) is 3.09. The van der Waals surface area contributed by atoms with Gasteiger partial charge >= 0.3 is 0 Å². The predicted octanol–water partition coefficient (Wildman–Crippen LogP) is 1.55. The van der Waals surface area contributed by atoms with E-state index in [9.17, 15) is 4.79 Å². The Labute approximate surface area is 113 Å². The van der Waals surface area contributed by atoms with Gasteiger partial charge in [-0.1, -0.05) is 6.07 Å². The van der Waals surface area contributed by atoms with Crippen LogP contribution in [-0.4, -0.2) is 19.1 Å². The topological polar surface area (TPSA) is 73.6 Å². The zero-order valence-electron chi connectivity index (χ0n) is 11.0. The zero-order valence-corrected chi connectivity index (χ0v) is 11.0. The molecule has 2 rings (SSSR count). The molecule has 1 aliphatic heterocycles. The molecule has 104 valence electrons. The maximum absolute atomic E-state index is 11.0. The van der Waals surface area contributed by atoms with E-state index in [1.807, 2.05) is 12.1 Å². The molecule has 0 aromatic heterocycles. The van der Waals surface area contributed by atoms with Gasteiger partial charge in [0.1, 0.15) is 0 Å². The van der Waals surface area contributed by atoms with Crippen molar-refractivity contribution in [3.8, 4) is 11.5 Å². The molecule has 0 fully saturated rings. The van der Waals surface area contributed by atoms with Crippen molar-refractivity contribution in [1.82, 2.24) is 5.43 Å². The average molecular weight is 264 g/mol. The van der Waals surface area contributed by atoms with Crippen LogP contribution in [0.5, 0.6) is 11.5 Å². The largest absolute Gasteiger partial charge is 0.490 e. The van der Waals surface area contributed by atoms with Crippen molar-refractivity contribution in [2.24, 2.45) is 5.84 Å². The Morgan fingerprint density at radius 3 is 2.79 bits per heavy atom. The molecule has 0 saturated carbocycles. The van der Waals surface area contributed by atoms with Gasteiger partial charge in [0.05, 0.1) is 13.2 Å². The number of nitrogens with two attached hydrogens (primary N) is 1. The van der Waals surface area contributed by atoms with E-state index in [4.69, 9.17) is 15.3 Å². The van der Waals surface area contributed by atoms with Crippen molar-refractivity contribution in [3.63, 3.8) is 0 Å². The van der Waals surface area contributed by atoms with Gasteiger partial charge < -0.3 is 9.47 Å². The van der Waals surface area contributed by atoms with Crippen LogP contribution in [0.2, 0.25) is 0 Å². The number of nitrogens with one attached hydrogen (secondary N) is 1. The SMILES string of the molecule is NNC(=O)CCCCc1ccc2c(c1)OCCCO2. The van der Waals surface area contributed by atoms with Crippen LogP contribution < -0.4 is 20.7 Å². The highest BCUT2D eigenvalue weighted by atomic mass is 16.5. The summed E-state index contributed by atoms with van der Waals surface area (Å²) in [4.78, 5) is 11.0. The molecule has 5 nitrogen and oxygen atoms in total. The third-order valence-corrected chi connectivity index (χ3v) is 3.09. The Bertz CT molecular complexity index is 435. The normalized spacial score (nSPS) is 13.7. The van der Waals surface area contributed by atoms with Gasteiger partial charge in [0.15, 0.2) is 11.5 Å². The number of carbonyl (C=O) groups is 1. The fraction of sp³-hybridized carbons (Fsp3) is 0.500. The van der Waals surface area contributed by atoms with Crippen LogP contribution in [-0.2, 0) is 11.2 Å². The van der Waals surface area contributed by atoms with Gasteiger partial charge in [-0.3, -0.25) is 10.2 Å². The highest BCUT2D eigenvalue weighted by Crippen LogP contribution is 2.30. The minimum absolute atomic E-state index is 0.112. The summed E-state index contributed by atoms with van der Waals surface area (Å²) in [6.45, 7) is 1.41. The number of hydrazine groups is 1. The molecule has 1 amide bonds. The van der Waals surface area contributed by atoms with E-state index in [0.29, 0.717) is 19.6 Å². The van der Waals surface area contributed by atoms with Crippen molar-refractivity contribution < 1.29 is 14.3 Å². The summed E-state index contributed by atoms with van der Waals surface area (Å²) in [7, 11) is 0. The van der Waals surface area contributed by atoms with Crippen molar-refractivity contribution in [3.05, 3.63) is 23.8 Å². The van der Waals surface area contributed by atoms with E-state index in [-0.39, 0.29) is 5.91 Å². The number of hydrogen-bond acceptors (Lipinski definition) is 4. The maximum atomic E-state index is 11.0. The van der Waals surface area contributed by atoms with E-state index in [0.717, 1.165) is 37.2 Å². The lowest BCUT2D eigenvalue weighted by Crippen LogP contribution is -2.29. The summed E-state index contributed by atoms with van der Waals surface area (Å²) in [5.74, 6) is 6.57. The Morgan fingerprint density at radius 2 is 2.00 bits per heavy atom. The van der Waals surface area contributed by atoms with Crippen LogP contribution in [0.15, 0.2) is 18.2 Å². The highest BCUT2D eigenvalue weighted by molar-refractivity contribution is 5.75. The quantitative estimate of drug-likeness (QED) is 0.366. The summed E-state index contributed by atoms with van der Waals surface area (Å²) < 4.78 is 11.2. The second kappa shape index (κ2) is 6.99. The van der Waals surface area contributed by atoms with Crippen molar-refractivity contribution in [2.75, 3.05) is 13.2 Å². The Morgan fingerprint density at radius 1 is 1.21 bits per heavy atom. The molecule has 3 N–H and O–H groups in total. The predicted molar refractivity (Wildman–Crippen MR) is 71.9 cm³/mol. The monoisotopic (exact) mass is 264 g/mol. The smallest absolute Gasteiger partial charge is 0.233 e. The Kier molecular flexibility index (Phi) is 5.03. The van der Waals surface area contributed by atoms with E-state index in [1.54, 1.807) is 0 Å². The molecule has 0 aliphatic carbocycles. The number of hydrogen-bond donors (Lipinski definition) is 2. The Balaban J connectivity index is 1.84. The van der Waals surface area contributed by atoms with Gasteiger partial charge in [-0.2, -0.15) is 0 Å². The van der Waals surface area contributed by atoms with Crippen LogP contribution in [0.25, 0.3) is 0 Å². The van der Waals surface area contributed by atoms with Gasteiger partial charge in [-0.05, 0) is 37.0 Å². The lowest BCUT2D eigenvalue weighted by molar-refractivity contribution is -0.121. The molecule has 0 bridgehead atoms. The molecule has 0 unspecified atom stereocenters. The number of carbonyl (C=O) groups excluding carboxylic acids is 1. The molecule has 5 heteroatoms. The molecule has 0 radical (unpaired) electrons. The van der Waals surface area contributed by atoms with Crippen LogP contribution in [0.4, 0.5) is 0 Å². The molecule has 19 heavy (non-hydrogen) atoms. The molecule has 1 heterocycles. The van der Waals surface area contributed by atoms with Gasteiger partial charge in [-0.15, -0.1) is 0 Å². The minimum Gasteiger partial charge on any atom is -0.490 e. The number of unbranched alkanes of at least 4 members (excludes halogenated alkanes) is 1. The average Bonchev–Trinajstić information content (AvgIpc) is 2.68.